The van der Waals surface area contributed by atoms with Gasteiger partial charge in [0.1, 0.15) is 23.0 Å². The van der Waals surface area contributed by atoms with Gasteiger partial charge in [-0.25, -0.2) is 4.79 Å². The van der Waals surface area contributed by atoms with E-state index >= 15 is 0 Å². The Kier molecular flexibility index (Phi) is 5.18. The number of benzene rings is 1. The van der Waals surface area contributed by atoms with Gasteiger partial charge in [-0.3, -0.25) is 4.98 Å². The molecule has 0 aliphatic carbocycles. The number of carbonyl (C=O) groups excluding carboxylic acids is 1. The number of piperidine rings is 1. The van der Waals surface area contributed by atoms with E-state index in [9.17, 15) is 4.79 Å². The van der Waals surface area contributed by atoms with Crippen LogP contribution >= 0.6 is 15.9 Å². The number of hydrogen-bond donors (Lipinski definition) is 0. The molecule has 25 heavy (non-hydrogen) atoms. The highest BCUT2D eigenvalue weighted by atomic mass is 79.9. The predicted octanol–water partition coefficient (Wildman–Crippen LogP) is 4.78. The predicted molar refractivity (Wildman–Crippen MR) is 101 cm³/mol. The standard InChI is InChI=1S/C19H23BrN2O3/c1-19(2,3)25-18(23)22-11-8-13(9-12-22)24-16-7-6-15(20)14-5-4-10-21-17(14)16/h4-7,10,13H,8-9,11-12H2,1-3H3. The molecule has 3 rings (SSSR count). The molecule has 1 fully saturated rings. The fraction of sp³-hybridized carbons (Fsp3) is 0.474. The van der Waals surface area contributed by atoms with E-state index in [0.29, 0.717) is 13.1 Å². The lowest BCUT2D eigenvalue weighted by Crippen LogP contribution is -2.44. The smallest absolute Gasteiger partial charge is 0.410 e. The zero-order valence-electron chi connectivity index (χ0n) is 14.8. The quantitative estimate of drug-likeness (QED) is 0.719. The molecule has 0 atom stereocenters. The topological polar surface area (TPSA) is 51.7 Å². The van der Waals surface area contributed by atoms with E-state index in [4.69, 9.17) is 9.47 Å². The van der Waals surface area contributed by atoms with Crippen LogP contribution < -0.4 is 4.74 Å². The van der Waals surface area contributed by atoms with Crippen LogP contribution in [0.2, 0.25) is 0 Å². The molecule has 0 radical (unpaired) electrons. The zero-order chi connectivity index (χ0) is 18.0. The summed E-state index contributed by atoms with van der Waals surface area (Å²) in [5.41, 5.74) is 0.387. The van der Waals surface area contributed by atoms with E-state index in [1.54, 1.807) is 11.1 Å². The van der Waals surface area contributed by atoms with Crippen molar-refractivity contribution in [3.63, 3.8) is 0 Å². The molecule has 1 saturated heterocycles. The highest BCUT2D eigenvalue weighted by Gasteiger charge is 2.28. The molecule has 0 unspecified atom stereocenters. The minimum Gasteiger partial charge on any atom is -0.488 e. The van der Waals surface area contributed by atoms with Crippen molar-refractivity contribution in [3.8, 4) is 5.75 Å². The van der Waals surface area contributed by atoms with E-state index in [1.165, 1.54) is 0 Å². The number of nitrogens with zero attached hydrogens (tertiary/aromatic N) is 2. The van der Waals surface area contributed by atoms with Gasteiger partial charge in [-0.1, -0.05) is 22.0 Å². The van der Waals surface area contributed by atoms with Crippen LogP contribution in [0.3, 0.4) is 0 Å². The number of carbonyl (C=O) groups is 1. The summed E-state index contributed by atoms with van der Waals surface area (Å²) in [6, 6.07) is 7.86. The van der Waals surface area contributed by atoms with Gasteiger partial charge in [0, 0.05) is 42.0 Å². The summed E-state index contributed by atoms with van der Waals surface area (Å²) in [7, 11) is 0. The number of ether oxygens (including phenoxy) is 2. The lowest BCUT2D eigenvalue weighted by molar-refractivity contribution is 0.0127. The first kappa shape index (κ1) is 18.0. The molecule has 0 spiro atoms. The first-order valence-corrected chi connectivity index (χ1v) is 9.30. The monoisotopic (exact) mass is 406 g/mol. The average molecular weight is 407 g/mol. The van der Waals surface area contributed by atoms with Gasteiger partial charge in [0.2, 0.25) is 0 Å². The van der Waals surface area contributed by atoms with Crippen molar-refractivity contribution < 1.29 is 14.3 Å². The maximum absolute atomic E-state index is 12.1. The molecule has 0 bridgehead atoms. The Hall–Kier alpha value is -1.82. The van der Waals surface area contributed by atoms with Gasteiger partial charge in [-0.2, -0.15) is 0 Å². The van der Waals surface area contributed by atoms with Crippen LogP contribution in [0.1, 0.15) is 33.6 Å². The Morgan fingerprint density at radius 3 is 2.64 bits per heavy atom. The first-order valence-electron chi connectivity index (χ1n) is 8.51. The summed E-state index contributed by atoms with van der Waals surface area (Å²) in [6.45, 7) is 6.92. The summed E-state index contributed by atoms with van der Waals surface area (Å²) < 4.78 is 12.6. The van der Waals surface area contributed by atoms with Crippen LogP contribution in [-0.2, 0) is 4.74 Å². The number of hydrogen-bond acceptors (Lipinski definition) is 4. The van der Waals surface area contributed by atoms with Gasteiger partial charge < -0.3 is 14.4 Å². The molecule has 1 amide bonds. The number of aromatic nitrogens is 1. The van der Waals surface area contributed by atoms with E-state index < -0.39 is 5.60 Å². The Morgan fingerprint density at radius 1 is 1.24 bits per heavy atom. The van der Waals surface area contributed by atoms with Crippen LogP contribution in [0.15, 0.2) is 34.9 Å². The van der Waals surface area contributed by atoms with Crippen LogP contribution in [0.5, 0.6) is 5.75 Å². The number of halogens is 1. The maximum Gasteiger partial charge on any atom is 0.410 e. The van der Waals surface area contributed by atoms with E-state index in [2.05, 4.69) is 20.9 Å². The summed E-state index contributed by atoms with van der Waals surface area (Å²) in [4.78, 5) is 18.3. The molecule has 0 saturated carbocycles. The molecule has 134 valence electrons. The molecule has 1 aliphatic heterocycles. The Bertz CT molecular complexity index is 765. The Balaban J connectivity index is 1.63. The molecule has 5 nitrogen and oxygen atoms in total. The Morgan fingerprint density at radius 2 is 1.96 bits per heavy atom. The van der Waals surface area contributed by atoms with Crippen LogP contribution in [0.4, 0.5) is 4.79 Å². The van der Waals surface area contributed by atoms with Crippen molar-refractivity contribution in [2.75, 3.05) is 13.1 Å². The number of pyridine rings is 1. The summed E-state index contributed by atoms with van der Waals surface area (Å²) in [6.07, 6.45) is 3.16. The third-order valence-corrected chi connectivity index (χ3v) is 4.76. The zero-order valence-corrected chi connectivity index (χ0v) is 16.4. The largest absolute Gasteiger partial charge is 0.488 e. The van der Waals surface area contributed by atoms with E-state index in [1.807, 2.05) is 45.0 Å². The van der Waals surface area contributed by atoms with Crippen molar-refractivity contribution >= 4 is 32.9 Å². The minimum atomic E-state index is -0.466. The SMILES string of the molecule is CC(C)(C)OC(=O)N1CCC(Oc2ccc(Br)c3cccnc23)CC1. The summed E-state index contributed by atoms with van der Waals surface area (Å²) >= 11 is 3.55. The van der Waals surface area contributed by atoms with Crippen molar-refractivity contribution in [3.05, 3.63) is 34.9 Å². The number of fused-ring (bicyclic) bond motifs is 1. The second-order valence-corrected chi connectivity index (χ2v) is 8.08. The molecule has 1 aromatic carbocycles. The van der Waals surface area contributed by atoms with Gasteiger partial charge in [0.15, 0.2) is 0 Å². The van der Waals surface area contributed by atoms with Gasteiger partial charge in [0.25, 0.3) is 0 Å². The minimum absolute atomic E-state index is 0.0741. The average Bonchev–Trinajstić information content (AvgIpc) is 2.57. The Labute approximate surface area is 156 Å². The van der Waals surface area contributed by atoms with Gasteiger partial charge in [-0.15, -0.1) is 0 Å². The summed E-state index contributed by atoms with van der Waals surface area (Å²) in [5.74, 6) is 0.787. The van der Waals surface area contributed by atoms with Gasteiger partial charge >= 0.3 is 6.09 Å². The van der Waals surface area contributed by atoms with Gasteiger partial charge in [-0.05, 0) is 39.0 Å². The lowest BCUT2D eigenvalue weighted by Gasteiger charge is -2.33. The van der Waals surface area contributed by atoms with Crippen molar-refractivity contribution in [2.45, 2.75) is 45.3 Å². The first-order chi connectivity index (χ1) is 11.8. The highest BCUT2D eigenvalue weighted by molar-refractivity contribution is 9.10. The molecule has 1 aromatic heterocycles. The number of likely N-dealkylation sites (tertiary alicyclic amines) is 1. The summed E-state index contributed by atoms with van der Waals surface area (Å²) in [5, 5.41) is 1.03. The van der Waals surface area contributed by atoms with Gasteiger partial charge in [0.05, 0.1) is 0 Å². The molecular formula is C19H23BrN2O3. The fourth-order valence-corrected chi connectivity index (χ4v) is 3.32. The van der Waals surface area contributed by atoms with Crippen molar-refractivity contribution in [2.24, 2.45) is 0 Å². The molecule has 1 aliphatic rings. The third-order valence-electron chi connectivity index (χ3n) is 4.07. The van der Waals surface area contributed by atoms with E-state index in [-0.39, 0.29) is 12.2 Å². The number of rotatable bonds is 2. The molecule has 2 heterocycles. The lowest BCUT2D eigenvalue weighted by atomic mass is 10.1. The fourth-order valence-electron chi connectivity index (χ4n) is 2.87. The van der Waals surface area contributed by atoms with Crippen LogP contribution in [-0.4, -0.2) is 40.8 Å². The van der Waals surface area contributed by atoms with Crippen molar-refractivity contribution in [1.29, 1.82) is 0 Å². The second kappa shape index (κ2) is 7.20. The normalized spacial score (nSPS) is 16.1. The highest BCUT2D eigenvalue weighted by Crippen LogP contribution is 2.31. The van der Waals surface area contributed by atoms with Crippen LogP contribution in [0, 0.1) is 0 Å². The molecular weight excluding hydrogens is 384 g/mol. The maximum atomic E-state index is 12.1. The van der Waals surface area contributed by atoms with Crippen molar-refractivity contribution in [1.82, 2.24) is 9.88 Å². The van der Waals surface area contributed by atoms with Crippen LogP contribution in [0.25, 0.3) is 10.9 Å². The van der Waals surface area contributed by atoms with E-state index in [0.717, 1.165) is 34.0 Å². The third kappa shape index (κ3) is 4.42. The molecule has 6 heteroatoms. The number of amides is 1. The second-order valence-electron chi connectivity index (χ2n) is 7.23. The molecule has 2 aromatic rings. The molecule has 0 N–H and O–H groups in total.